The molecule has 2 amide bonds. The summed E-state index contributed by atoms with van der Waals surface area (Å²) in [5, 5.41) is 16.7. The van der Waals surface area contributed by atoms with E-state index in [4.69, 9.17) is 22.7 Å². The van der Waals surface area contributed by atoms with Gasteiger partial charge in [0.2, 0.25) is 5.96 Å². The third-order valence-corrected chi connectivity index (χ3v) is 2.92. The van der Waals surface area contributed by atoms with Gasteiger partial charge in [-0.15, -0.1) is 0 Å². The minimum atomic E-state index is -0.355. The molecule has 0 heterocycles. The quantitative estimate of drug-likeness (QED) is 0.337. The van der Waals surface area contributed by atoms with Crippen molar-refractivity contribution in [3.63, 3.8) is 0 Å². The number of nitrogens with one attached hydrogen (secondary N) is 4. The Morgan fingerprint density at radius 2 is 1.57 bits per heavy atom. The summed E-state index contributed by atoms with van der Waals surface area (Å²) >= 11 is 5.78. The van der Waals surface area contributed by atoms with Gasteiger partial charge in [-0.3, -0.25) is 5.41 Å². The first-order valence-electron chi connectivity index (χ1n) is 6.59. The SMILES string of the molecule is N=C(N)N/N=C/c1ccc(NC(=O)Nc2ccc(Cl)cc2)cc1. The Morgan fingerprint density at radius 1 is 1.04 bits per heavy atom. The van der Waals surface area contributed by atoms with Crippen LogP contribution >= 0.6 is 11.6 Å². The van der Waals surface area contributed by atoms with Gasteiger partial charge in [-0.2, -0.15) is 5.10 Å². The zero-order valence-electron chi connectivity index (χ0n) is 12.0. The van der Waals surface area contributed by atoms with Crippen molar-refractivity contribution >= 4 is 41.2 Å². The summed E-state index contributed by atoms with van der Waals surface area (Å²) in [6.45, 7) is 0. The number of anilines is 2. The van der Waals surface area contributed by atoms with Crippen molar-refractivity contribution in [2.45, 2.75) is 0 Å². The molecule has 118 valence electrons. The summed E-state index contributed by atoms with van der Waals surface area (Å²) in [4.78, 5) is 11.9. The molecule has 0 aliphatic carbocycles. The normalized spacial score (nSPS) is 10.3. The van der Waals surface area contributed by atoms with Crippen LogP contribution in [0.2, 0.25) is 5.02 Å². The van der Waals surface area contributed by atoms with Gasteiger partial charge in [0.15, 0.2) is 0 Å². The first-order valence-corrected chi connectivity index (χ1v) is 6.97. The predicted octanol–water partition coefficient (Wildman–Crippen LogP) is 2.80. The van der Waals surface area contributed by atoms with Gasteiger partial charge in [0.05, 0.1) is 6.21 Å². The number of benzene rings is 2. The van der Waals surface area contributed by atoms with Gasteiger partial charge >= 0.3 is 6.03 Å². The van der Waals surface area contributed by atoms with Crippen LogP contribution in [0.5, 0.6) is 0 Å². The Morgan fingerprint density at radius 3 is 2.09 bits per heavy atom. The number of carbonyl (C=O) groups excluding carboxylic acids is 1. The molecule has 0 aliphatic heterocycles. The molecule has 2 aromatic rings. The number of guanidine groups is 1. The molecular formula is C15H15ClN6O. The van der Waals surface area contributed by atoms with Crippen LogP contribution in [0, 0.1) is 5.41 Å². The van der Waals surface area contributed by atoms with Crippen LogP contribution < -0.4 is 21.8 Å². The second-order valence-corrected chi connectivity index (χ2v) is 4.93. The van der Waals surface area contributed by atoms with Crippen LogP contribution in [0.1, 0.15) is 5.56 Å². The monoisotopic (exact) mass is 330 g/mol. The Kier molecular flexibility index (Phi) is 5.54. The van der Waals surface area contributed by atoms with Crippen LogP contribution in [0.25, 0.3) is 0 Å². The molecule has 0 atom stereocenters. The van der Waals surface area contributed by atoms with Crippen molar-refractivity contribution < 1.29 is 4.79 Å². The van der Waals surface area contributed by atoms with E-state index in [0.29, 0.717) is 16.4 Å². The van der Waals surface area contributed by atoms with Crippen molar-refractivity contribution in [2.75, 3.05) is 10.6 Å². The van der Waals surface area contributed by atoms with Crippen LogP contribution in [0.4, 0.5) is 16.2 Å². The molecule has 2 aromatic carbocycles. The highest BCUT2D eigenvalue weighted by molar-refractivity contribution is 6.30. The number of halogens is 1. The molecule has 0 aliphatic rings. The Hall–Kier alpha value is -3.06. The molecule has 0 unspecified atom stereocenters. The number of carbonyl (C=O) groups is 1. The van der Waals surface area contributed by atoms with E-state index in [1.807, 2.05) is 0 Å². The van der Waals surface area contributed by atoms with E-state index in [-0.39, 0.29) is 12.0 Å². The molecule has 23 heavy (non-hydrogen) atoms. The second-order valence-electron chi connectivity index (χ2n) is 4.49. The van der Waals surface area contributed by atoms with Gasteiger partial charge in [0.1, 0.15) is 0 Å². The fraction of sp³-hybridized carbons (Fsp3) is 0. The maximum absolute atomic E-state index is 11.9. The van der Waals surface area contributed by atoms with Gasteiger partial charge in [-0.05, 0) is 42.0 Å². The van der Waals surface area contributed by atoms with E-state index in [9.17, 15) is 4.79 Å². The Bertz CT molecular complexity index is 712. The number of rotatable bonds is 4. The zero-order chi connectivity index (χ0) is 16.7. The summed E-state index contributed by atoms with van der Waals surface area (Å²) < 4.78 is 0. The van der Waals surface area contributed by atoms with Gasteiger partial charge in [-0.25, -0.2) is 10.2 Å². The van der Waals surface area contributed by atoms with Crippen molar-refractivity contribution in [2.24, 2.45) is 10.8 Å². The fourth-order valence-electron chi connectivity index (χ4n) is 1.66. The standard InChI is InChI=1S/C15H15ClN6O/c16-11-3-7-13(8-4-11)21-15(23)20-12-5-1-10(2-6-12)9-19-22-14(17)18/h1-9H,(H4,17,18,22)(H2,20,21,23)/b19-9+. The summed E-state index contributed by atoms with van der Waals surface area (Å²) in [5.74, 6) is -0.238. The molecule has 6 N–H and O–H groups in total. The molecule has 0 radical (unpaired) electrons. The van der Waals surface area contributed by atoms with Crippen molar-refractivity contribution in [1.82, 2.24) is 5.43 Å². The number of urea groups is 1. The topological polar surface area (TPSA) is 115 Å². The average Bonchev–Trinajstić information content (AvgIpc) is 2.51. The third kappa shape index (κ3) is 5.68. The summed E-state index contributed by atoms with van der Waals surface area (Å²) in [5.41, 5.74) is 9.49. The first kappa shape index (κ1) is 16.3. The molecular weight excluding hydrogens is 316 g/mol. The maximum atomic E-state index is 11.9. The number of nitrogens with zero attached hydrogens (tertiary/aromatic N) is 1. The van der Waals surface area contributed by atoms with E-state index in [1.165, 1.54) is 6.21 Å². The Balaban J connectivity index is 1.89. The third-order valence-electron chi connectivity index (χ3n) is 2.67. The molecule has 0 saturated heterocycles. The lowest BCUT2D eigenvalue weighted by molar-refractivity contribution is 0.262. The molecule has 2 rings (SSSR count). The number of hydrogen-bond acceptors (Lipinski definition) is 3. The molecule has 8 heteroatoms. The molecule has 0 spiro atoms. The number of nitrogens with two attached hydrogens (primary N) is 1. The lowest BCUT2D eigenvalue weighted by Gasteiger charge is -2.08. The van der Waals surface area contributed by atoms with Crippen LogP contribution in [-0.2, 0) is 0 Å². The first-order chi connectivity index (χ1) is 11.0. The molecule has 0 saturated carbocycles. The highest BCUT2D eigenvalue weighted by Crippen LogP contribution is 2.14. The van der Waals surface area contributed by atoms with E-state index in [2.05, 4.69) is 21.2 Å². The van der Waals surface area contributed by atoms with E-state index in [0.717, 1.165) is 5.56 Å². The van der Waals surface area contributed by atoms with Crippen molar-refractivity contribution in [3.05, 3.63) is 59.1 Å². The van der Waals surface area contributed by atoms with Crippen LogP contribution in [-0.4, -0.2) is 18.2 Å². The summed E-state index contributed by atoms with van der Waals surface area (Å²) in [6, 6.07) is 13.5. The van der Waals surface area contributed by atoms with Gasteiger partial charge < -0.3 is 16.4 Å². The average molecular weight is 331 g/mol. The minimum Gasteiger partial charge on any atom is -0.369 e. The lowest BCUT2D eigenvalue weighted by atomic mass is 10.2. The van der Waals surface area contributed by atoms with E-state index < -0.39 is 0 Å². The number of hydrogen-bond donors (Lipinski definition) is 5. The van der Waals surface area contributed by atoms with Crippen LogP contribution in [0.15, 0.2) is 53.6 Å². The Labute approximate surface area is 138 Å². The van der Waals surface area contributed by atoms with Gasteiger partial charge in [0.25, 0.3) is 0 Å². The highest BCUT2D eigenvalue weighted by Gasteiger charge is 2.02. The summed E-state index contributed by atoms with van der Waals surface area (Å²) in [7, 11) is 0. The minimum absolute atomic E-state index is 0.238. The largest absolute Gasteiger partial charge is 0.369 e. The number of amides is 2. The van der Waals surface area contributed by atoms with Crippen LogP contribution in [0.3, 0.4) is 0 Å². The lowest BCUT2D eigenvalue weighted by Crippen LogP contribution is -2.25. The molecule has 0 fully saturated rings. The van der Waals surface area contributed by atoms with Crippen molar-refractivity contribution in [1.29, 1.82) is 5.41 Å². The van der Waals surface area contributed by atoms with Gasteiger partial charge in [-0.1, -0.05) is 23.7 Å². The molecule has 7 nitrogen and oxygen atoms in total. The maximum Gasteiger partial charge on any atom is 0.323 e. The predicted molar refractivity (Wildman–Crippen MR) is 93.2 cm³/mol. The van der Waals surface area contributed by atoms with Gasteiger partial charge in [0, 0.05) is 16.4 Å². The van der Waals surface area contributed by atoms with E-state index in [1.54, 1.807) is 48.5 Å². The highest BCUT2D eigenvalue weighted by atomic mass is 35.5. The van der Waals surface area contributed by atoms with E-state index >= 15 is 0 Å². The zero-order valence-corrected chi connectivity index (χ0v) is 12.8. The molecule has 0 aromatic heterocycles. The number of hydrazone groups is 1. The second kappa shape index (κ2) is 7.81. The fourth-order valence-corrected chi connectivity index (χ4v) is 1.78. The smallest absolute Gasteiger partial charge is 0.323 e. The van der Waals surface area contributed by atoms with Crippen molar-refractivity contribution in [3.8, 4) is 0 Å². The molecule has 0 bridgehead atoms. The summed E-state index contributed by atoms with van der Waals surface area (Å²) in [6.07, 6.45) is 1.51.